The maximum absolute atomic E-state index is 12.2. The second-order valence-electron chi connectivity index (χ2n) is 7.56. The van der Waals surface area contributed by atoms with Gasteiger partial charge in [0.05, 0.1) is 6.61 Å². The monoisotopic (exact) mass is 377 g/mol. The molecule has 0 saturated heterocycles. The van der Waals surface area contributed by atoms with Crippen LogP contribution in [-0.4, -0.2) is 19.1 Å². The minimum Gasteiger partial charge on any atom is -0.494 e. The van der Waals surface area contributed by atoms with E-state index < -0.39 is 0 Å². The summed E-state index contributed by atoms with van der Waals surface area (Å²) in [6.07, 6.45) is 9.31. The molecule has 2 aromatic carbocycles. The maximum atomic E-state index is 12.2. The Morgan fingerprint density at radius 3 is 2.64 bits per heavy atom. The van der Waals surface area contributed by atoms with Crippen LogP contribution in [-0.2, 0) is 4.79 Å². The Labute approximate surface area is 168 Å². The van der Waals surface area contributed by atoms with E-state index in [9.17, 15) is 4.79 Å². The number of carbonyl (C=O) groups is 1. The number of carbonyl (C=O) groups excluding carboxylic acids is 1. The van der Waals surface area contributed by atoms with Crippen LogP contribution in [0.3, 0.4) is 0 Å². The molecule has 1 aliphatic rings. The lowest BCUT2D eigenvalue weighted by atomic mass is 9.89. The van der Waals surface area contributed by atoms with Crippen molar-refractivity contribution in [1.29, 1.82) is 0 Å². The van der Waals surface area contributed by atoms with Crippen LogP contribution in [0.15, 0.2) is 60.7 Å². The molecule has 1 aliphatic carbocycles. The molecule has 148 valence electrons. The average Bonchev–Trinajstić information content (AvgIpc) is 3.21. The lowest BCUT2D eigenvalue weighted by Crippen LogP contribution is -2.28. The van der Waals surface area contributed by atoms with Crippen molar-refractivity contribution in [2.75, 3.05) is 13.2 Å². The number of rotatable bonds is 9. The predicted octanol–water partition coefficient (Wildman–Crippen LogP) is 5.58. The number of benzene rings is 2. The van der Waals surface area contributed by atoms with Crippen molar-refractivity contribution < 1.29 is 9.53 Å². The third-order valence-electron chi connectivity index (χ3n) is 5.50. The molecule has 28 heavy (non-hydrogen) atoms. The summed E-state index contributed by atoms with van der Waals surface area (Å²) in [4.78, 5) is 12.2. The van der Waals surface area contributed by atoms with Gasteiger partial charge in [0.15, 0.2) is 0 Å². The molecule has 1 amide bonds. The van der Waals surface area contributed by atoms with Gasteiger partial charge in [0.25, 0.3) is 0 Å². The van der Waals surface area contributed by atoms with Crippen molar-refractivity contribution in [3.05, 3.63) is 71.8 Å². The van der Waals surface area contributed by atoms with E-state index >= 15 is 0 Å². The zero-order chi connectivity index (χ0) is 19.6. The molecular formula is C25H31NO2. The summed E-state index contributed by atoms with van der Waals surface area (Å²) >= 11 is 0. The van der Waals surface area contributed by atoms with Crippen LogP contribution in [0.2, 0.25) is 0 Å². The minimum atomic E-state index is -0.0259. The molecule has 0 spiro atoms. The fourth-order valence-corrected chi connectivity index (χ4v) is 3.89. The highest BCUT2D eigenvalue weighted by Gasteiger charge is 2.28. The third kappa shape index (κ3) is 5.98. The molecule has 0 aliphatic heterocycles. The van der Waals surface area contributed by atoms with Crippen molar-refractivity contribution in [2.24, 2.45) is 5.92 Å². The Hall–Kier alpha value is -2.55. The fraction of sp³-hybridized carbons (Fsp3) is 0.400. The lowest BCUT2D eigenvalue weighted by molar-refractivity contribution is -0.116. The van der Waals surface area contributed by atoms with Gasteiger partial charge in [-0.3, -0.25) is 4.79 Å². The SMILES string of the molecule is CCCCOc1ccc(/C=C/C(=O)NCC2CCCC2c2ccccc2)cc1. The summed E-state index contributed by atoms with van der Waals surface area (Å²) in [6, 6.07) is 18.6. The van der Waals surface area contributed by atoms with E-state index in [1.54, 1.807) is 6.08 Å². The number of hydrogen-bond donors (Lipinski definition) is 1. The predicted molar refractivity (Wildman–Crippen MR) is 115 cm³/mol. The Morgan fingerprint density at radius 1 is 1.11 bits per heavy atom. The smallest absolute Gasteiger partial charge is 0.244 e. The van der Waals surface area contributed by atoms with E-state index in [1.165, 1.54) is 24.8 Å². The largest absolute Gasteiger partial charge is 0.494 e. The van der Waals surface area contributed by atoms with Crippen molar-refractivity contribution in [3.63, 3.8) is 0 Å². The van der Waals surface area contributed by atoms with E-state index in [0.29, 0.717) is 11.8 Å². The van der Waals surface area contributed by atoms with Crippen molar-refractivity contribution in [1.82, 2.24) is 5.32 Å². The van der Waals surface area contributed by atoms with Gasteiger partial charge in [0.1, 0.15) is 5.75 Å². The topological polar surface area (TPSA) is 38.3 Å². The molecule has 1 saturated carbocycles. The maximum Gasteiger partial charge on any atom is 0.244 e. The molecule has 0 aromatic heterocycles. The summed E-state index contributed by atoms with van der Waals surface area (Å²) in [5.41, 5.74) is 2.40. The van der Waals surface area contributed by atoms with Crippen LogP contribution in [0.5, 0.6) is 5.75 Å². The number of amides is 1. The summed E-state index contributed by atoms with van der Waals surface area (Å²) in [5, 5.41) is 3.09. The van der Waals surface area contributed by atoms with Crippen molar-refractivity contribution in [2.45, 2.75) is 44.9 Å². The Bertz CT molecular complexity index is 752. The van der Waals surface area contributed by atoms with Gasteiger partial charge >= 0.3 is 0 Å². The third-order valence-corrected chi connectivity index (χ3v) is 5.50. The van der Waals surface area contributed by atoms with Crippen LogP contribution >= 0.6 is 0 Å². The average molecular weight is 378 g/mol. The highest BCUT2D eigenvalue weighted by Crippen LogP contribution is 2.39. The van der Waals surface area contributed by atoms with Gasteiger partial charge in [-0.15, -0.1) is 0 Å². The molecule has 3 nitrogen and oxygen atoms in total. The Morgan fingerprint density at radius 2 is 1.89 bits per heavy atom. The van der Waals surface area contributed by atoms with E-state index in [4.69, 9.17) is 4.74 Å². The van der Waals surface area contributed by atoms with Crippen LogP contribution in [0.4, 0.5) is 0 Å². The number of ether oxygens (including phenoxy) is 1. The van der Waals surface area contributed by atoms with Gasteiger partial charge in [0, 0.05) is 12.6 Å². The first-order chi connectivity index (χ1) is 13.8. The highest BCUT2D eigenvalue weighted by atomic mass is 16.5. The first-order valence-corrected chi connectivity index (χ1v) is 10.5. The zero-order valence-corrected chi connectivity index (χ0v) is 16.8. The summed E-state index contributed by atoms with van der Waals surface area (Å²) in [5.74, 6) is 1.94. The van der Waals surface area contributed by atoms with Crippen LogP contribution in [0.25, 0.3) is 6.08 Å². The van der Waals surface area contributed by atoms with E-state index in [1.807, 2.05) is 30.3 Å². The van der Waals surface area contributed by atoms with Crippen LogP contribution < -0.4 is 10.1 Å². The lowest BCUT2D eigenvalue weighted by Gasteiger charge is -2.20. The van der Waals surface area contributed by atoms with Gasteiger partial charge in [0.2, 0.25) is 5.91 Å². The second-order valence-corrected chi connectivity index (χ2v) is 7.56. The zero-order valence-electron chi connectivity index (χ0n) is 16.8. The molecule has 3 heteroatoms. The van der Waals surface area contributed by atoms with Gasteiger partial charge in [-0.1, -0.05) is 62.2 Å². The Kier molecular flexibility index (Phi) is 7.71. The molecule has 0 bridgehead atoms. The van der Waals surface area contributed by atoms with E-state index in [-0.39, 0.29) is 5.91 Å². The first-order valence-electron chi connectivity index (χ1n) is 10.5. The molecule has 3 rings (SSSR count). The molecule has 0 heterocycles. The van der Waals surface area contributed by atoms with E-state index in [0.717, 1.165) is 37.3 Å². The summed E-state index contributed by atoms with van der Waals surface area (Å²) in [6.45, 7) is 3.64. The van der Waals surface area contributed by atoms with Gasteiger partial charge in [-0.25, -0.2) is 0 Å². The second kappa shape index (κ2) is 10.7. The fourth-order valence-electron chi connectivity index (χ4n) is 3.89. The Balaban J connectivity index is 1.46. The number of unbranched alkanes of at least 4 members (excludes halogenated alkanes) is 1. The standard InChI is InChI=1S/C25H31NO2/c1-2-3-18-28-23-15-12-20(13-16-23)14-17-25(27)26-19-22-10-7-11-24(22)21-8-5-4-6-9-21/h4-6,8-9,12-17,22,24H,2-3,7,10-11,18-19H2,1H3,(H,26,27)/b17-14+. The molecular weight excluding hydrogens is 346 g/mol. The van der Waals surface area contributed by atoms with Gasteiger partial charge < -0.3 is 10.1 Å². The molecule has 1 fully saturated rings. The number of hydrogen-bond acceptors (Lipinski definition) is 2. The molecule has 2 atom stereocenters. The number of nitrogens with one attached hydrogen (secondary N) is 1. The highest BCUT2D eigenvalue weighted by molar-refractivity contribution is 5.91. The van der Waals surface area contributed by atoms with Crippen LogP contribution in [0, 0.1) is 5.92 Å². The quantitative estimate of drug-likeness (QED) is 0.458. The first kappa shape index (κ1) is 20.2. The van der Waals surface area contributed by atoms with Crippen molar-refractivity contribution >= 4 is 12.0 Å². The van der Waals surface area contributed by atoms with Gasteiger partial charge in [-0.05, 0) is 60.4 Å². The summed E-state index contributed by atoms with van der Waals surface area (Å²) < 4.78 is 5.67. The molecule has 2 unspecified atom stereocenters. The van der Waals surface area contributed by atoms with Crippen LogP contribution in [0.1, 0.15) is 56.1 Å². The molecule has 1 N–H and O–H groups in total. The normalized spacial score (nSPS) is 19.0. The molecule has 0 radical (unpaired) electrons. The minimum absolute atomic E-state index is 0.0259. The van der Waals surface area contributed by atoms with Gasteiger partial charge in [-0.2, -0.15) is 0 Å². The molecule has 2 aromatic rings. The van der Waals surface area contributed by atoms with Crippen molar-refractivity contribution in [3.8, 4) is 5.75 Å². The van der Waals surface area contributed by atoms with E-state index in [2.05, 4.69) is 42.6 Å². The summed E-state index contributed by atoms with van der Waals surface area (Å²) in [7, 11) is 0.